The lowest BCUT2D eigenvalue weighted by Gasteiger charge is -2.06. The van der Waals surface area contributed by atoms with Gasteiger partial charge >= 0.3 is 0 Å². The van der Waals surface area contributed by atoms with Gasteiger partial charge in [-0.3, -0.25) is 0 Å². The van der Waals surface area contributed by atoms with E-state index in [1.165, 1.54) is 0 Å². The second-order valence-corrected chi connectivity index (χ2v) is 4.54. The number of hydrogen-bond acceptors (Lipinski definition) is 3. The number of nitrogens with one attached hydrogen (secondary N) is 1. The Morgan fingerprint density at radius 2 is 2.19 bits per heavy atom. The van der Waals surface area contributed by atoms with E-state index in [4.69, 9.17) is 11.6 Å². The Morgan fingerprint density at radius 3 is 2.88 bits per heavy atom. The van der Waals surface area contributed by atoms with Gasteiger partial charge in [-0.15, -0.1) is 22.9 Å². The van der Waals surface area contributed by atoms with Crippen LogP contribution in [0.2, 0.25) is 0 Å². The molecule has 0 amide bonds. The van der Waals surface area contributed by atoms with Crippen LogP contribution >= 0.6 is 22.9 Å². The number of halogens is 1. The average Bonchev–Trinajstić information content (AvgIpc) is 2.77. The molecule has 0 unspecified atom stereocenters. The SMILES string of the molecule is CCc1csc(Nc2ccccc2CCl)n1. The molecular weight excluding hydrogens is 240 g/mol. The molecule has 0 aliphatic heterocycles. The molecule has 2 nitrogen and oxygen atoms in total. The third-order valence-electron chi connectivity index (χ3n) is 2.32. The van der Waals surface area contributed by atoms with Crippen molar-refractivity contribution in [2.45, 2.75) is 19.2 Å². The van der Waals surface area contributed by atoms with Crippen molar-refractivity contribution in [2.24, 2.45) is 0 Å². The first kappa shape index (κ1) is 11.4. The molecule has 0 aliphatic rings. The standard InChI is InChI=1S/C12H13ClN2S/c1-2-10-8-16-12(14-10)15-11-6-4-3-5-9(11)7-13/h3-6,8H,2,7H2,1H3,(H,14,15). The maximum Gasteiger partial charge on any atom is 0.187 e. The Bertz CT molecular complexity index is 468. The molecule has 1 heterocycles. The normalized spacial score (nSPS) is 10.4. The second-order valence-electron chi connectivity index (χ2n) is 3.41. The van der Waals surface area contributed by atoms with Gasteiger partial charge in [0.25, 0.3) is 0 Å². The van der Waals surface area contributed by atoms with Gasteiger partial charge in [0, 0.05) is 16.9 Å². The van der Waals surface area contributed by atoms with Gasteiger partial charge in [-0.25, -0.2) is 4.98 Å². The average molecular weight is 253 g/mol. The summed E-state index contributed by atoms with van der Waals surface area (Å²) in [4.78, 5) is 4.46. The summed E-state index contributed by atoms with van der Waals surface area (Å²) in [5.74, 6) is 0.509. The fourth-order valence-corrected chi connectivity index (χ4v) is 2.44. The number of thiazole rings is 1. The van der Waals surface area contributed by atoms with Crippen LogP contribution in [0.4, 0.5) is 10.8 Å². The van der Waals surface area contributed by atoms with Crippen molar-refractivity contribution in [3.8, 4) is 0 Å². The van der Waals surface area contributed by atoms with E-state index in [9.17, 15) is 0 Å². The molecule has 1 aromatic carbocycles. The van der Waals surface area contributed by atoms with Crippen molar-refractivity contribution >= 4 is 33.8 Å². The Labute approximate surface area is 104 Å². The fourth-order valence-electron chi connectivity index (χ4n) is 1.40. The highest BCUT2D eigenvalue weighted by atomic mass is 35.5. The van der Waals surface area contributed by atoms with Crippen LogP contribution in [0, 0.1) is 0 Å². The summed E-state index contributed by atoms with van der Waals surface area (Å²) in [7, 11) is 0. The van der Waals surface area contributed by atoms with Crippen molar-refractivity contribution in [1.82, 2.24) is 4.98 Å². The smallest absolute Gasteiger partial charge is 0.187 e. The molecule has 4 heteroatoms. The van der Waals surface area contributed by atoms with Gasteiger partial charge in [0.15, 0.2) is 5.13 Å². The molecule has 0 saturated carbocycles. The van der Waals surface area contributed by atoms with Crippen LogP contribution in [0.5, 0.6) is 0 Å². The Hall–Kier alpha value is -1.06. The summed E-state index contributed by atoms with van der Waals surface area (Å²) in [5.41, 5.74) is 3.25. The molecular formula is C12H13ClN2S. The van der Waals surface area contributed by atoms with E-state index in [0.717, 1.165) is 28.5 Å². The van der Waals surface area contributed by atoms with Crippen LogP contribution < -0.4 is 5.32 Å². The molecule has 0 aliphatic carbocycles. The molecule has 0 saturated heterocycles. The minimum absolute atomic E-state index is 0.509. The van der Waals surface area contributed by atoms with Gasteiger partial charge in [-0.1, -0.05) is 25.1 Å². The molecule has 2 rings (SSSR count). The lowest BCUT2D eigenvalue weighted by molar-refractivity contribution is 1.06. The predicted molar refractivity (Wildman–Crippen MR) is 70.8 cm³/mol. The Morgan fingerprint density at radius 1 is 1.38 bits per heavy atom. The molecule has 1 N–H and O–H groups in total. The lowest BCUT2D eigenvalue weighted by Crippen LogP contribution is -1.94. The van der Waals surface area contributed by atoms with E-state index < -0.39 is 0 Å². The largest absolute Gasteiger partial charge is 0.331 e. The van der Waals surface area contributed by atoms with E-state index in [1.54, 1.807) is 11.3 Å². The zero-order valence-electron chi connectivity index (χ0n) is 9.03. The van der Waals surface area contributed by atoms with E-state index >= 15 is 0 Å². The first-order valence-corrected chi connectivity index (χ1v) is 6.60. The lowest BCUT2D eigenvalue weighted by atomic mass is 10.2. The summed E-state index contributed by atoms with van der Waals surface area (Å²) < 4.78 is 0. The first-order valence-electron chi connectivity index (χ1n) is 5.18. The summed E-state index contributed by atoms with van der Waals surface area (Å²) in [6, 6.07) is 8.02. The molecule has 0 bridgehead atoms. The molecule has 0 atom stereocenters. The van der Waals surface area contributed by atoms with Crippen molar-refractivity contribution in [3.05, 3.63) is 40.9 Å². The topological polar surface area (TPSA) is 24.9 Å². The van der Waals surface area contributed by atoms with Crippen LogP contribution in [0.25, 0.3) is 0 Å². The van der Waals surface area contributed by atoms with Crippen LogP contribution in [0.1, 0.15) is 18.2 Å². The summed E-state index contributed by atoms with van der Waals surface area (Å²) in [6.45, 7) is 2.10. The monoisotopic (exact) mass is 252 g/mol. The second kappa shape index (κ2) is 5.32. The number of benzene rings is 1. The summed E-state index contributed by atoms with van der Waals surface area (Å²) >= 11 is 7.50. The highest BCUT2D eigenvalue weighted by Crippen LogP contribution is 2.24. The highest BCUT2D eigenvalue weighted by Gasteiger charge is 2.03. The van der Waals surface area contributed by atoms with Crippen molar-refractivity contribution in [3.63, 3.8) is 0 Å². The maximum absolute atomic E-state index is 5.87. The molecule has 84 valence electrons. The number of para-hydroxylation sites is 1. The number of aryl methyl sites for hydroxylation is 1. The number of anilines is 2. The van der Waals surface area contributed by atoms with E-state index in [0.29, 0.717) is 5.88 Å². The van der Waals surface area contributed by atoms with Gasteiger partial charge in [-0.2, -0.15) is 0 Å². The van der Waals surface area contributed by atoms with Gasteiger partial charge in [0.2, 0.25) is 0 Å². The zero-order valence-corrected chi connectivity index (χ0v) is 10.6. The first-order chi connectivity index (χ1) is 7.83. The highest BCUT2D eigenvalue weighted by molar-refractivity contribution is 7.13. The third-order valence-corrected chi connectivity index (χ3v) is 3.41. The minimum atomic E-state index is 0.509. The van der Waals surface area contributed by atoms with Gasteiger partial charge in [0.1, 0.15) is 0 Å². The molecule has 0 fully saturated rings. The van der Waals surface area contributed by atoms with Crippen molar-refractivity contribution in [2.75, 3.05) is 5.32 Å². The van der Waals surface area contributed by atoms with E-state index in [-0.39, 0.29) is 0 Å². The summed E-state index contributed by atoms with van der Waals surface area (Å²) in [6.07, 6.45) is 0.968. The zero-order chi connectivity index (χ0) is 11.4. The minimum Gasteiger partial charge on any atom is -0.331 e. The van der Waals surface area contributed by atoms with Gasteiger partial charge in [-0.05, 0) is 18.1 Å². The molecule has 16 heavy (non-hydrogen) atoms. The molecule has 1 aromatic heterocycles. The van der Waals surface area contributed by atoms with E-state index in [2.05, 4.69) is 22.6 Å². The fraction of sp³-hybridized carbons (Fsp3) is 0.250. The maximum atomic E-state index is 5.87. The molecule has 0 spiro atoms. The number of hydrogen-bond donors (Lipinski definition) is 1. The molecule has 0 radical (unpaired) electrons. The number of rotatable bonds is 4. The Kier molecular flexibility index (Phi) is 3.80. The van der Waals surface area contributed by atoms with Crippen LogP contribution in [0.3, 0.4) is 0 Å². The number of nitrogens with zero attached hydrogens (tertiary/aromatic N) is 1. The summed E-state index contributed by atoms with van der Waals surface area (Å²) in [5, 5.41) is 6.30. The van der Waals surface area contributed by atoms with Crippen LogP contribution in [-0.4, -0.2) is 4.98 Å². The van der Waals surface area contributed by atoms with Crippen LogP contribution in [0.15, 0.2) is 29.6 Å². The molecule has 2 aromatic rings. The van der Waals surface area contributed by atoms with Crippen LogP contribution in [-0.2, 0) is 12.3 Å². The Balaban J connectivity index is 2.19. The number of alkyl halides is 1. The van der Waals surface area contributed by atoms with Gasteiger partial charge < -0.3 is 5.32 Å². The number of aromatic nitrogens is 1. The quantitative estimate of drug-likeness (QED) is 0.826. The van der Waals surface area contributed by atoms with Gasteiger partial charge in [0.05, 0.1) is 5.69 Å². The third kappa shape index (κ3) is 2.54. The van der Waals surface area contributed by atoms with E-state index in [1.807, 2.05) is 24.3 Å². The predicted octanol–water partition coefficient (Wildman–Crippen LogP) is 4.19. The van der Waals surface area contributed by atoms with Crippen molar-refractivity contribution in [1.29, 1.82) is 0 Å². The van der Waals surface area contributed by atoms with Crippen molar-refractivity contribution < 1.29 is 0 Å².